The Kier molecular flexibility index (Phi) is 6.20. The summed E-state index contributed by atoms with van der Waals surface area (Å²) in [6.07, 6.45) is 6.48. The number of piperazine rings is 1. The number of hydrogen-bond acceptors (Lipinski definition) is 4. The van der Waals surface area contributed by atoms with Crippen LogP contribution in [0.3, 0.4) is 0 Å². The van der Waals surface area contributed by atoms with Crippen LogP contribution in [0.1, 0.15) is 26.2 Å². The average Bonchev–Trinajstić information content (AvgIpc) is 3.00. The van der Waals surface area contributed by atoms with Crippen molar-refractivity contribution < 1.29 is 9.90 Å². The molecule has 1 N–H and O–H groups in total. The number of aryl methyl sites for hydroxylation is 1. The molecule has 1 saturated heterocycles. The largest absolute Gasteiger partial charge is 0.384 e. The molecule has 0 radical (unpaired) electrons. The Morgan fingerprint density at radius 1 is 1.19 bits per heavy atom. The first-order chi connectivity index (χ1) is 10.2. The summed E-state index contributed by atoms with van der Waals surface area (Å²) in [7, 11) is 0. The number of aromatic nitrogens is 2. The second-order valence-electron chi connectivity index (χ2n) is 5.67. The van der Waals surface area contributed by atoms with Gasteiger partial charge in [0.25, 0.3) is 5.91 Å². The summed E-state index contributed by atoms with van der Waals surface area (Å²) in [5.41, 5.74) is 0. The van der Waals surface area contributed by atoms with Gasteiger partial charge in [-0.15, -0.1) is 0 Å². The van der Waals surface area contributed by atoms with Gasteiger partial charge in [0.15, 0.2) is 0 Å². The molecule has 2 heterocycles. The van der Waals surface area contributed by atoms with Crippen LogP contribution >= 0.6 is 0 Å². The van der Waals surface area contributed by atoms with Crippen molar-refractivity contribution in [3.8, 4) is 0 Å². The van der Waals surface area contributed by atoms with Crippen LogP contribution in [0.15, 0.2) is 18.5 Å². The van der Waals surface area contributed by atoms with Crippen LogP contribution in [0.2, 0.25) is 0 Å². The van der Waals surface area contributed by atoms with Gasteiger partial charge < -0.3 is 10.0 Å². The summed E-state index contributed by atoms with van der Waals surface area (Å²) in [4.78, 5) is 15.8. The van der Waals surface area contributed by atoms with E-state index in [-0.39, 0.29) is 5.91 Å². The third-order valence-electron chi connectivity index (χ3n) is 3.96. The fourth-order valence-corrected chi connectivity index (χ4v) is 2.67. The van der Waals surface area contributed by atoms with Gasteiger partial charge >= 0.3 is 0 Å². The monoisotopic (exact) mass is 294 g/mol. The van der Waals surface area contributed by atoms with Crippen LogP contribution in [-0.2, 0) is 11.3 Å². The van der Waals surface area contributed by atoms with E-state index in [1.54, 1.807) is 4.90 Å². The van der Waals surface area contributed by atoms with Gasteiger partial charge in [-0.3, -0.25) is 14.4 Å². The molecule has 0 bridgehead atoms. The molecule has 1 fully saturated rings. The Hall–Kier alpha value is -1.40. The molecule has 2 rings (SSSR count). The van der Waals surface area contributed by atoms with E-state index in [1.165, 1.54) is 19.8 Å². The lowest BCUT2D eigenvalue weighted by molar-refractivity contribution is -0.141. The molecule has 6 heteroatoms. The summed E-state index contributed by atoms with van der Waals surface area (Å²) in [6, 6.07) is 1.95. The number of aliphatic hydroxyl groups excluding tert-OH is 1. The fourth-order valence-electron chi connectivity index (χ4n) is 2.67. The molecule has 0 aliphatic carbocycles. The lowest BCUT2D eigenvalue weighted by atomic mass is 10.2. The molecule has 1 aromatic heterocycles. The van der Waals surface area contributed by atoms with Crippen LogP contribution in [-0.4, -0.2) is 69.4 Å². The Morgan fingerprint density at radius 3 is 2.52 bits per heavy atom. The minimum Gasteiger partial charge on any atom is -0.384 e. The van der Waals surface area contributed by atoms with E-state index in [9.17, 15) is 9.90 Å². The number of nitrogens with zero attached hydrogens (tertiary/aromatic N) is 4. The minimum atomic E-state index is -0.876. The van der Waals surface area contributed by atoms with Crippen molar-refractivity contribution in [1.82, 2.24) is 19.6 Å². The first-order valence-corrected chi connectivity index (χ1v) is 7.83. The van der Waals surface area contributed by atoms with Gasteiger partial charge in [0.1, 0.15) is 6.10 Å². The first kappa shape index (κ1) is 16.0. The van der Waals surface area contributed by atoms with Crippen LogP contribution in [0, 0.1) is 0 Å². The molecule has 1 unspecified atom stereocenters. The lowest BCUT2D eigenvalue weighted by Crippen LogP contribution is -2.51. The molecule has 1 aromatic rings. The Balaban J connectivity index is 1.54. The van der Waals surface area contributed by atoms with Crippen LogP contribution in [0.25, 0.3) is 0 Å². The Bertz CT molecular complexity index is 411. The molecule has 21 heavy (non-hydrogen) atoms. The highest BCUT2D eigenvalue weighted by atomic mass is 16.3. The van der Waals surface area contributed by atoms with Gasteiger partial charge in [0.2, 0.25) is 0 Å². The standard InChI is InChI=1S/C15H26N4O2/c1-14(20)15(21)18-12-10-17(11-13-18)7-3-2-4-8-19-9-5-6-16-19/h5-6,9,14,20H,2-4,7-8,10-13H2,1H3. The maximum Gasteiger partial charge on any atom is 0.251 e. The van der Waals surface area contributed by atoms with E-state index in [1.807, 2.05) is 23.1 Å². The van der Waals surface area contributed by atoms with Gasteiger partial charge in [-0.25, -0.2) is 0 Å². The van der Waals surface area contributed by atoms with E-state index in [4.69, 9.17) is 0 Å². The zero-order chi connectivity index (χ0) is 15.1. The molecule has 118 valence electrons. The highest BCUT2D eigenvalue weighted by molar-refractivity contribution is 5.80. The minimum absolute atomic E-state index is 0.145. The van der Waals surface area contributed by atoms with E-state index in [0.717, 1.165) is 45.7 Å². The molecule has 1 amide bonds. The lowest BCUT2D eigenvalue weighted by Gasteiger charge is -2.35. The topological polar surface area (TPSA) is 61.6 Å². The number of carbonyl (C=O) groups excluding carboxylic acids is 1. The van der Waals surface area contributed by atoms with E-state index < -0.39 is 6.10 Å². The van der Waals surface area contributed by atoms with Gasteiger partial charge in [-0.05, 0) is 32.4 Å². The molecule has 1 aliphatic rings. The second kappa shape index (κ2) is 8.14. The van der Waals surface area contributed by atoms with E-state index in [2.05, 4.69) is 10.00 Å². The third-order valence-corrected chi connectivity index (χ3v) is 3.96. The SMILES string of the molecule is CC(O)C(=O)N1CCN(CCCCCn2cccn2)CC1. The summed E-state index contributed by atoms with van der Waals surface area (Å²) < 4.78 is 1.97. The smallest absolute Gasteiger partial charge is 0.251 e. The fraction of sp³-hybridized carbons (Fsp3) is 0.733. The quantitative estimate of drug-likeness (QED) is 0.747. The number of aliphatic hydroxyl groups is 1. The maximum absolute atomic E-state index is 11.7. The normalized spacial score (nSPS) is 17.9. The maximum atomic E-state index is 11.7. The molecule has 0 aromatic carbocycles. The van der Waals surface area contributed by atoms with Crippen molar-refractivity contribution in [3.05, 3.63) is 18.5 Å². The van der Waals surface area contributed by atoms with Crippen molar-refractivity contribution >= 4 is 5.91 Å². The predicted octanol–water partition coefficient (Wildman–Crippen LogP) is 0.578. The van der Waals surface area contributed by atoms with E-state index in [0.29, 0.717) is 0 Å². The number of rotatable bonds is 7. The molecule has 1 aliphatic heterocycles. The van der Waals surface area contributed by atoms with Crippen molar-refractivity contribution in [2.24, 2.45) is 0 Å². The number of amides is 1. The summed E-state index contributed by atoms with van der Waals surface area (Å²) in [6.45, 7) is 6.91. The summed E-state index contributed by atoms with van der Waals surface area (Å²) in [5, 5.41) is 13.5. The van der Waals surface area contributed by atoms with Crippen LogP contribution < -0.4 is 0 Å². The first-order valence-electron chi connectivity index (χ1n) is 7.83. The van der Waals surface area contributed by atoms with Gasteiger partial charge in [0, 0.05) is 45.1 Å². The second-order valence-corrected chi connectivity index (χ2v) is 5.67. The Labute approximate surface area is 126 Å². The summed E-state index contributed by atoms with van der Waals surface area (Å²) in [5.74, 6) is -0.145. The van der Waals surface area contributed by atoms with Gasteiger partial charge in [-0.2, -0.15) is 5.10 Å². The molecule has 1 atom stereocenters. The molecular weight excluding hydrogens is 268 g/mol. The summed E-state index contributed by atoms with van der Waals surface area (Å²) >= 11 is 0. The zero-order valence-electron chi connectivity index (χ0n) is 12.8. The van der Waals surface area contributed by atoms with Crippen molar-refractivity contribution in [2.45, 2.75) is 38.8 Å². The zero-order valence-corrected chi connectivity index (χ0v) is 12.8. The molecule has 6 nitrogen and oxygen atoms in total. The highest BCUT2D eigenvalue weighted by Crippen LogP contribution is 2.07. The molecule has 0 spiro atoms. The van der Waals surface area contributed by atoms with Crippen LogP contribution in [0.4, 0.5) is 0 Å². The number of carbonyl (C=O) groups is 1. The molecule has 0 saturated carbocycles. The predicted molar refractivity (Wildman–Crippen MR) is 80.8 cm³/mol. The van der Waals surface area contributed by atoms with Crippen molar-refractivity contribution in [2.75, 3.05) is 32.7 Å². The van der Waals surface area contributed by atoms with Gasteiger partial charge in [0.05, 0.1) is 0 Å². The van der Waals surface area contributed by atoms with Crippen molar-refractivity contribution in [3.63, 3.8) is 0 Å². The third kappa shape index (κ3) is 5.13. The highest BCUT2D eigenvalue weighted by Gasteiger charge is 2.23. The van der Waals surface area contributed by atoms with Crippen molar-refractivity contribution in [1.29, 1.82) is 0 Å². The van der Waals surface area contributed by atoms with E-state index >= 15 is 0 Å². The number of hydrogen-bond donors (Lipinski definition) is 1. The number of unbranched alkanes of at least 4 members (excludes halogenated alkanes) is 2. The Morgan fingerprint density at radius 2 is 1.90 bits per heavy atom. The van der Waals surface area contributed by atoms with Crippen LogP contribution in [0.5, 0.6) is 0 Å². The molecular formula is C15H26N4O2. The van der Waals surface area contributed by atoms with Gasteiger partial charge in [-0.1, -0.05) is 6.42 Å². The average molecular weight is 294 g/mol.